The van der Waals surface area contributed by atoms with Crippen LogP contribution < -0.4 is 0 Å². The van der Waals surface area contributed by atoms with Gasteiger partial charge >= 0.3 is 0 Å². The summed E-state index contributed by atoms with van der Waals surface area (Å²) in [5.41, 5.74) is 0.649. The van der Waals surface area contributed by atoms with Crippen LogP contribution in [0.15, 0.2) is 0 Å². The van der Waals surface area contributed by atoms with E-state index in [1.807, 2.05) is 0 Å². The second kappa shape index (κ2) is 5.10. The molecule has 1 rings (SSSR count). The van der Waals surface area contributed by atoms with E-state index >= 15 is 0 Å². The summed E-state index contributed by atoms with van der Waals surface area (Å²) < 4.78 is 0. The molecule has 1 aliphatic rings. The molecule has 0 bridgehead atoms. The van der Waals surface area contributed by atoms with E-state index in [4.69, 9.17) is 0 Å². The minimum Gasteiger partial charge on any atom is -0.0651 e. The first-order chi connectivity index (χ1) is 7.38. The van der Waals surface area contributed by atoms with Crippen LogP contribution in [0.3, 0.4) is 0 Å². The molecule has 96 valence electrons. The van der Waals surface area contributed by atoms with E-state index in [0.717, 1.165) is 29.6 Å². The SMILES string of the molecule is CCC(CC)[C@H](C)[C@H]1C[C@]1(C)[C@H](C)C(C)C. The van der Waals surface area contributed by atoms with Crippen LogP contribution in [0.2, 0.25) is 0 Å². The lowest BCUT2D eigenvalue weighted by Gasteiger charge is -2.29. The molecule has 0 aliphatic heterocycles. The van der Waals surface area contributed by atoms with Crippen molar-refractivity contribution in [1.82, 2.24) is 0 Å². The van der Waals surface area contributed by atoms with Gasteiger partial charge in [-0.1, -0.05) is 61.3 Å². The summed E-state index contributed by atoms with van der Waals surface area (Å²) in [7, 11) is 0. The van der Waals surface area contributed by atoms with Crippen LogP contribution in [0, 0.1) is 35.0 Å². The molecule has 0 aromatic carbocycles. The summed E-state index contributed by atoms with van der Waals surface area (Å²) in [6.45, 7) is 17.0. The van der Waals surface area contributed by atoms with Crippen LogP contribution in [0.5, 0.6) is 0 Å². The molecule has 16 heavy (non-hydrogen) atoms. The third-order valence-corrected chi connectivity index (χ3v) is 5.81. The molecule has 1 saturated carbocycles. The van der Waals surface area contributed by atoms with Gasteiger partial charge < -0.3 is 0 Å². The average Bonchev–Trinajstić information content (AvgIpc) is 2.92. The standard InChI is InChI=1S/C16H32/c1-8-14(9-2)12(5)15-10-16(15,7)13(6)11(3)4/h11-15H,8-10H2,1-7H3/t12-,13+,15+,16+/m0/s1. The molecule has 0 heteroatoms. The van der Waals surface area contributed by atoms with Crippen LogP contribution in [0.4, 0.5) is 0 Å². The van der Waals surface area contributed by atoms with Gasteiger partial charge in [0.2, 0.25) is 0 Å². The maximum Gasteiger partial charge on any atom is -0.0264 e. The molecule has 0 unspecified atom stereocenters. The van der Waals surface area contributed by atoms with Gasteiger partial charge in [0.15, 0.2) is 0 Å². The molecular formula is C16H32. The summed E-state index contributed by atoms with van der Waals surface area (Å²) in [6, 6.07) is 0. The Kier molecular flexibility index (Phi) is 4.49. The summed E-state index contributed by atoms with van der Waals surface area (Å²) in [5.74, 6) is 4.60. The molecule has 0 aromatic heterocycles. The van der Waals surface area contributed by atoms with E-state index in [1.54, 1.807) is 0 Å². The van der Waals surface area contributed by atoms with Gasteiger partial charge in [-0.15, -0.1) is 0 Å². The summed E-state index contributed by atoms with van der Waals surface area (Å²) in [4.78, 5) is 0. The molecule has 0 radical (unpaired) electrons. The van der Waals surface area contributed by atoms with Gasteiger partial charge in [-0.3, -0.25) is 0 Å². The van der Waals surface area contributed by atoms with E-state index in [1.165, 1.54) is 19.3 Å². The Labute approximate surface area is 103 Å². The van der Waals surface area contributed by atoms with Crippen molar-refractivity contribution in [3.63, 3.8) is 0 Å². The molecule has 4 atom stereocenters. The molecule has 1 aliphatic carbocycles. The Bertz CT molecular complexity index is 214. The second-order valence-electron chi connectivity index (χ2n) is 6.78. The van der Waals surface area contributed by atoms with Crippen LogP contribution in [0.25, 0.3) is 0 Å². The zero-order chi connectivity index (χ0) is 12.5. The Hall–Kier alpha value is 0. The van der Waals surface area contributed by atoms with Gasteiger partial charge in [0.25, 0.3) is 0 Å². The quantitative estimate of drug-likeness (QED) is 0.568. The molecule has 1 fully saturated rings. The fraction of sp³-hybridized carbons (Fsp3) is 1.00. The fourth-order valence-corrected chi connectivity index (χ4v) is 3.85. The highest BCUT2D eigenvalue weighted by Gasteiger charge is 2.56. The number of hydrogen-bond donors (Lipinski definition) is 0. The maximum atomic E-state index is 2.53. The third kappa shape index (κ3) is 2.46. The number of rotatable bonds is 6. The van der Waals surface area contributed by atoms with Crippen molar-refractivity contribution in [2.24, 2.45) is 35.0 Å². The molecule has 0 saturated heterocycles. The van der Waals surface area contributed by atoms with Crippen LogP contribution in [-0.4, -0.2) is 0 Å². The Balaban J connectivity index is 2.60. The topological polar surface area (TPSA) is 0 Å². The van der Waals surface area contributed by atoms with Crippen molar-refractivity contribution < 1.29 is 0 Å². The second-order valence-corrected chi connectivity index (χ2v) is 6.78. The van der Waals surface area contributed by atoms with E-state index in [9.17, 15) is 0 Å². The minimum absolute atomic E-state index is 0.649. The predicted octanol–water partition coefficient (Wildman–Crippen LogP) is 5.38. The average molecular weight is 224 g/mol. The van der Waals surface area contributed by atoms with E-state index in [-0.39, 0.29) is 0 Å². The highest BCUT2D eigenvalue weighted by Crippen LogP contribution is 2.63. The normalized spacial score (nSPS) is 33.2. The van der Waals surface area contributed by atoms with Crippen LogP contribution in [0.1, 0.15) is 67.7 Å². The zero-order valence-corrected chi connectivity index (χ0v) is 12.5. The van der Waals surface area contributed by atoms with Crippen molar-refractivity contribution >= 4 is 0 Å². The van der Waals surface area contributed by atoms with Crippen LogP contribution >= 0.6 is 0 Å². The first-order valence-corrected chi connectivity index (χ1v) is 7.38. The first kappa shape index (κ1) is 14.1. The highest BCUT2D eigenvalue weighted by atomic mass is 14.6. The monoisotopic (exact) mass is 224 g/mol. The Morgan fingerprint density at radius 1 is 1.06 bits per heavy atom. The lowest BCUT2D eigenvalue weighted by atomic mass is 9.76. The lowest BCUT2D eigenvalue weighted by molar-refractivity contribution is 0.199. The van der Waals surface area contributed by atoms with Crippen LogP contribution in [-0.2, 0) is 0 Å². The van der Waals surface area contributed by atoms with Crippen molar-refractivity contribution in [3.05, 3.63) is 0 Å². The molecule has 0 heterocycles. The molecular weight excluding hydrogens is 192 g/mol. The predicted molar refractivity (Wildman–Crippen MR) is 73.5 cm³/mol. The van der Waals surface area contributed by atoms with Crippen molar-refractivity contribution in [3.8, 4) is 0 Å². The van der Waals surface area contributed by atoms with E-state index in [2.05, 4.69) is 48.5 Å². The van der Waals surface area contributed by atoms with Crippen molar-refractivity contribution in [2.45, 2.75) is 67.7 Å². The largest absolute Gasteiger partial charge is 0.0651 e. The van der Waals surface area contributed by atoms with Gasteiger partial charge in [-0.2, -0.15) is 0 Å². The summed E-state index contributed by atoms with van der Waals surface area (Å²) in [5, 5.41) is 0. The molecule has 0 aromatic rings. The van der Waals surface area contributed by atoms with E-state index in [0.29, 0.717) is 5.41 Å². The van der Waals surface area contributed by atoms with E-state index < -0.39 is 0 Å². The Morgan fingerprint density at radius 2 is 1.56 bits per heavy atom. The van der Waals surface area contributed by atoms with Gasteiger partial charge in [-0.05, 0) is 41.4 Å². The minimum atomic E-state index is 0.649. The van der Waals surface area contributed by atoms with Crippen molar-refractivity contribution in [2.75, 3.05) is 0 Å². The highest BCUT2D eigenvalue weighted by molar-refractivity contribution is 5.05. The summed E-state index contributed by atoms with van der Waals surface area (Å²) in [6.07, 6.45) is 4.20. The van der Waals surface area contributed by atoms with Gasteiger partial charge in [-0.25, -0.2) is 0 Å². The molecule has 0 spiro atoms. The van der Waals surface area contributed by atoms with Gasteiger partial charge in [0, 0.05) is 0 Å². The van der Waals surface area contributed by atoms with Gasteiger partial charge in [0.05, 0.1) is 0 Å². The Morgan fingerprint density at radius 3 is 1.94 bits per heavy atom. The number of hydrogen-bond acceptors (Lipinski definition) is 0. The third-order valence-electron chi connectivity index (χ3n) is 5.81. The molecule has 0 amide bonds. The first-order valence-electron chi connectivity index (χ1n) is 7.38. The van der Waals surface area contributed by atoms with Gasteiger partial charge in [0.1, 0.15) is 0 Å². The lowest BCUT2D eigenvalue weighted by Crippen LogP contribution is -2.22. The summed E-state index contributed by atoms with van der Waals surface area (Å²) >= 11 is 0. The smallest absolute Gasteiger partial charge is 0.0264 e. The fourth-order valence-electron chi connectivity index (χ4n) is 3.85. The van der Waals surface area contributed by atoms with Crippen molar-refractivity contribution in [1.29, 1.82) is 0 Å². The molecule has 0 N–H and O–H groups in total. The maximum absolute atomic E-state index is 2.53. The molecule has 0 nitrogen and oxygen atoms in total. The zero-order valence-electron chi connectivity index (χ0n) is 12.5.